The Balaban J connectivity index is 1.53. The summed E-state index contributed by atoms with van der Waals surface area (Å²) in [5.74, 6) is 2.43. The molecular weight excluding hydrogens is 404 g/mol. The van der Waals surface area contributed by atoms with Crippen molar-refractivity contribution < 1.29 is 19.3 Å². The Morgan fingerprint density at radius 1 is 1.00 bits per heavy atom. The maximum Gasteiger partial charge on any atom is 0.176 e. The summed E-state index contributed by atoms with van der Waals surface area (Å²) in [5, 5.41) is 17.9. The van der Waals surface area contributed by atoms with Gasteiger partial charge in [0.15, 0.2) is 5.75 Å². The lowest BCUT2D eigenvalue weighted by Gasteiger charge is -2.11. The van der Waals surface area contributed by atoms with Crippen LogP contribution in [0.5, 0.6) is 28.7 Å². The number of hydrogen-bond acceptors (Lipinski definition) is 5. The number of H-pyrrole nitrogens is 1. The van der Waals surface area contributed by atoms with Crippen LogP contribution >= 0.6 is 0 Å². The lowest BCUT2D eigenvalue weighted by atomic mass is 10.1. The van der Waals surface area contributed by atoms with Gasteiger partial charge in [-0.3, -0.25) is 5.10 Å². The monoisotopic (exact) mass is 428 g/mol. The third-order valence-electron chi connectivity index (χ3n) is 5.00. The van der Waals surface area contributed by atoms with Crippen LogP contribution < -0.4 is 14.2 Å². The van der Waals surface area contributed by atoms with Crippen LogP contribution in [-0.2, 0) is 6.61 Å². The fraction of sp³-hybridized carbons (Fsp3) is 0.115. The first kappa shape index (κ1) is 21.1. The summed E-state index contributed by atoms with van der Waals surface area (Å²) >= 11 is 0. The molecule has 6 heteroatoms. The molecule has 0 spiro atoms. The number of aromatic nitrogens is 2. The van der Waals surface area contributed by atoms with Gasteiger partial charge in [0, 0.05) is 17.7 Å². The van der Waals surface area contributed by atoms with E-state index in [1.165, 1.54) is 0 Å². The summed E-state index contributed by atoms with van der Waals surface area (Å²) in [5.41, 5.74) is 3.86. The van der Waals surface area contributed by atoms with Gasteiger partial charge in [0.05, 0.1) is 12.8 Å². The first-order valence-corrected chi connectivity index (χ1v) is 10.1. The Morgan fingerprint density at radius 2 is 1.78 bits per heavy atom. The average molecular weight is 428 g/mol. The van der Waals surface area contributed by atoms with Crippen LogP contribution in [0.2, 0.25) is 0 Å². The van der Waals surface area contributed by atoms with E-state index in [1.807, 2.05) is 49.4 Å². The highest BCUT2D eigenvalue weighted by atomic mass is 16.5. The second-order valence-electron chi connectivity index (χ2n) is 7.22. The molecule has 0 unspecified atom stereocenters. The molecule has 0 aliphatic rings. The molecule has 32 heavy (non-hydrogen) atoms. The summed E-state index contributed by atoms with van der Waals surface area (Å²) < 4.78 is 17.2. The van der Waals surface area contributed by atoms with E-state index in [0.29, 0.717) is 40.9 Å². The van der Waals surface area contributed by atoms with Gasteiger partial charge in [0.2, 0.25) is 0 Å². The Labute approximate surface area is 186 Å². The average Bonchev–Trinajstić information content (AvgIpc) is 3.18. The molecule has 6 nitrogen and oxygen atoms in total. The van der Waals surface area contributed by atoms with Crippen LogP contribution in [0.15, 0.2) is 73.3 Å². The van der Waals surface area contributed by atoms with E-state index in [-0.39, 0.29) is 5.75 Å². The number of ether oxygens (including phenoxy) is 3. The Bertz CT molecular complexity index is 1230. The molecule has 0 aliphatic carbocycles. The predicted molar refractivity (Wildman–Crippen MR) is 124 cm³/mol. The highest BCUT2D eigenvalue weighted by Crippen LogP contribution is 2.40. The van der Waals surface area contributed by atoms with E-state index in [9.17, 15) is 5.11 Å². The zero-order valence-electron chi connectivity index (χ0n) is 18.0. The van der Waals surface area contributed by atoms with Crippen LogP contribution in [0.25, 0.3) is 17.3 Å². The van der Waals surface area contributed by atoms with E-state index in [2.05, 4.69) is 16.8 Å². The second kappa shape index (κ2) is 9.31. The highest BCUT2D eigenvalue weighted by molar-refractivity contribution is 5.74. The Kier molecular flexibility index (Phi) is 6.12. The fourth-order valence-corrected chi connectivity index (χ4v) is 3.23. The van der Waals surface area contributed by atoms with Gasteiger partial charge in [-0.25, -0.2) is 0 Å². The quantitative estimate of drug-likeness (QED) is 0.354. The van der Waals surface area contributed by atoms with Gasteiger partial charge in [0.1, 0.15) is 35.3 Å². The van der Waals surface area contributed by atoms with Crippen molar-refractivity contribution in [3.05, 3.63) is 90.1 Å². The number of nitrogens with zero attached hydrogens (tertiary/aromatic N) is 1. The number of aromatic amines is 1. The smallest absolute Gasteiger partial charge is 0.176 e. The molecule has 2 N–H and O–H groups in total. The van der Waals surface area contributed by atoms with Crippen molar-refractivity contribution in [2.24, 2.45) is 0 Å². The van der Waals surface area contributed by atoms with Crippen LogP contribution in [0.3, 0.4) is 0 Å². The molecule has 0 saturated carbocycles. The number of phenolic OH excluding ortho intramolecular Hbond substituents is 1. The molecule has 0 aliphatic heterocycles. The topological polar surface area (TPSA) is 76.6 Å². The van der Waals surface area contributed by atoms with Gasteiger partial charge in [-0.05, 0) is 42.3 Å². The Hall–Kier alpha value is -4.19. The minimum absolute atomic E-state index is 0.0477. The standard InChI is InChI=1S/C26H24N2O4/c1-4-18-8-10-19(11-9-18)16-31-21-12-13-23(24(29)15-21)25-26(17(2)27-28-25)32-22-7-5-6-20(14-22)30-3/h4-15,29H,1,16H2,2-3H3,(H,27,28). The van der Waals surface area contributed by atoms with Gasteiger partial charge in [-0.2, -0.15) is 5.10 Å². The molecule has 3 aromatic carbocycles. The zero-order valence-corrected chi connectivity index (χ0v) is 18.0. The van der Waals surface area contributed by atoms with Crippen molar-refractivity contribution in [1.82, 2.24) is 10.2 Å². The molecule has 162 valence electrons. The van der Waals surface area contributed by atoms with Gasteiger partial charge in [0.25, 0.3) is 0 Å². The van der Waals surface area contributed by atoms with E-state index >= 15 is 0 Å². The Morgan fingerprint density at radius 3 is 2.50 bits per heavy atom. The lowest BCUT2D eigenvalue weighted by Crippen LogP contribution is -1.95. The third kappa shape index (κ3) is 4.59. The number of phenols is 1. The number of nitrogens with one attached hydrogen (secondary N) is 1. The van der Waals surface area contributed by atoms with Gasteiger partial charge < -0.3 is 19.3 Å². The van der Waals surface area contributed by atoms with Crippen LogP contribution in [0.4, 0.5) is 0 Å². The van der Waals surface area contributed by atoms with Gasteiger partial charge >= 0.3 is 0 Å². The van der Waals surface area contributed by atoms with E-state index in [4.69, 9.17) is 14.2 Å². The van der Waals surface area contributed by atoms with E-state index in [0.717, 1.165) is 16.8 Å². The van der Waals surface area contributed by atoms with Crippen molar-refractivity contribution in [3.8, 4) is 40.0 Å². The fourth-order valence-electron chi connectivity index (χ4n) is 3.23. The SMILES string of the molecule is C=Cc1ccc(COc2ccc(-c3n[nH]c(C)c3Oc3cccc(OC)c3)c(O)c2)cc1. The molecule has 4 rings (SSSR count). The molecule has 0 fully saturated rings. The number of aryl methyl sites for hydroxylation is 1. The maximum absolute atomic E-state index is 10.7. The summed E-state index contributed by atoms with van der Waals surface area (Å²) in [6, 6.07) is 20.4. The molecule has 4 aromatic rings. The molecule has 1 heterocycles. The number of methoxy groups -OCH3 is 1. The summed E-state index contributed by atoms with van der Waals surface area (Å²) in [4.78, 5) is 0. The predicted octanol–water partition coefficient (Wildman–Crippen LogP) is 6.11. The minimum Gasteiger partial charge on any atom is -0.507 e. The van der Waals surface area contributed by atoms with Crippen molar-refractivity contribution in [2.75, 3.05) is 7.11 Å². The van der Waals surface area contributed by atoms with Crippen molar-refractivity contribution >= 4 is 6.08 Å². The van der Waals surface area contributed by atoms with Crippen LogP contribution in [0, 0.1) is 6.92 Å². The molecule has 1 aromatic heterocycles. The lowest BCUT2D eigenvalue weighted by molar-refractivity contribution is 0.304. The third-order valence-corrected chi connectivity index (χ3v) is 5.00. The normalized spacial score (nSPS) is 10.6. The molecule has 0 amide bonds. The van der Waals surface area contributed by atoms with Crippen LogP contribution in [-0.4, -0.2) is 22.4 Å². The zero-order chi connectivity index (χ0) is 22.5. The van der Waals surface area contributed by atoms with E-state index in [1.54, 1.807) is 37.5 Å². The minimum atomic E-state index is 0.0477. The number of hydrogen-bond donors (Lipinski definition) is 2. The summed E-state index contributed by atoms with van der Waals surface area (Å²) in [6.45, 7) is 6.00. The summed E-state index contributed by atoms with van der Waals surface area (Å²) in [7, 11) is 1.60. The molecule has 0 saturated heterocycles. The second-order valence-corrected chi connectivity index (χ2v) is 7.22. The molecular formula is C26H24N2O4. The van der Waals surface area contributed by atoms with Crippen molar-refractivity contribution in [3.63, 3.8) is 0 Å². The van der Waals surface area contributed by atoms with Gasteiger partial charge in [-0.1, -0.05) is 43.0 Å². The van der Waals surface area contributed by atoms with Crippen LogP contribution in [0.1, 0.15) is 16.8 Å². The first-order valence-electron chi connectivity index (χ1n) is 10.1. The summed E-state index contributed by atoms with van der Waals surface area (Å²) in [6.07, 6.45) is 1.80. The number of benzene rings is 3. The van der Waals surface area contributed by atoms with Gasteiger partial charge in [-0.15, -0.1) is 0 Å². The molecule has 0 bridgehead atoms. The number of aromatic hydroxyl groups is 1. The molecule has 0 atom stereocenters. The van der Waals surface area contributed by atoms with Crippen molar-refractivity contribution in [2.45, 2.75) is 13.5 Å². The van der Waals surface area contributed by atoms with E-state index < -0.39 is 0 Å². The van der Waals surface area contributed by atoms with Crippen molar-refractivity contribution in [1.29, 1.82) is 0 Å². The highest BCUT2D eigenvalue weighted by Gasteiger charge is 2.18. The first-order chi connectivity index (χ1) is 15.6. The molecule has 0 radical (unpaired) electrons. The maximum atomic E-state index is 10.7. The number of rotatable bonds is 8. The largest absolute Gasteiger partial charge is 0.507 e.